The van der Waals surface area contributed by atoms with E-state index >= 15 is 0 Å². The first kappa shape index (κ1) is 40.6. The average Bonchev–Trinajstić information content (AvgIpc) is 3.06. The summed E-state index contributed by atoms with van der Waals surface area (Å²) in [6.45, 7) is 9.80. The van der Waals surface area contributed by atoms with Gasteiger partial charge in [-0.05, 0) is 42.2 Å². The molecule has 0 heterocycles. The minimum atomic E-state index is -0.413. The minimum absolute atomic E-state index is 0.0122. The molecule has 2 rings (SSSR count). The Balaban J connectivity index is 1.77. The van der Waals surface area contributed by atoms with Gasteiger partial charge in [0, 0.05) is 6.42 Å². The molecule has 2 aromatic carbocycles. The van der Waals surface area contributed by atoms with E-state index in [1.165, 1.54) is 70.6 Å². The van der Waals surface area contributed by atoms with Gasteiger partial charge in [-0.3, -0.25) is 9.59 Å². The van der Waals surface area contributed by atoms with Crippen molar-refractivity contribution in [2.45, 2.75) is 176 Å². The molecule has 0 radical (unpaired) electrons. The molecule has 47 heavy (non-hydrogen) atoms. The first-order chi connectivity index (χ1) is 22.7. The molecule has 264 valence electrons. The molecular weight excluding hydrogens is 580 g/mol. The number of carbonyl (C=O) groups excluding carboxylic acids is 2. The fourth-order valence-electron chi connectivity index (χ4n) is 6.85. The molecule has 1 atom stereocenters. The zero-order valence-electron chi connectivity index (χ0n) is 30.7. The zero-order valence-corrected chi connectivity index (χ0v) is 30.7. The summed E-state index contributed by atoms with van der Waals surface area (Å²) < 4.78 is 11.5. The van der Waals surface area contributed by atoms with Crippen LogP contribution in [0.5, 0.6) is 0 Å². The Morgan fingerprint density at radius 1 is 0.532 bits per heavy atom. The number of ether oxygens (including phenoxy) is 2. The molecular formula is C43H68O4. The van der Waals surface area contributed by atoms with Crippen molar-refractivity contribution in [3.63, 3.8) is 0 Å². The monoisotopic (exact) mass is 649 g/mol. The van der Waals surface area contributed by atoms with Gasteiger partial charge in [-0.1, -0.05) is 191 Å². The number of unbranched alkanes of at least 4 members (excludes halogenated alkanes) is 15. The van der Waals surface area contributed by atoms with E-state index in [2.05, 4.69) is 27.7 Å². The third kappa shape index (κ3) is 19.7. The number of benzene rings is 2. The van der Waals surface area contributed by atoms with Crippen molar-refractivity contribution in [2.24, 2.45) is 10.8 Å². The van der Waals surface area contributed by atoms with Gasteiger partial charge in [-0.15, -0.1) is 0 Å². The molecule has 0 amide bonds. The van der Waals surface area contributed by atoms with Crippen molar-refractivity contribution in [3.05, 3.63) is 71.8 Å². The van der Waals surface area contributed by atoms with Gasteiger partial charge in [0.25, 0.3) is 0 Å². The van der Waals surface area contributed by atoms with Crippen LogP contribution < -0.4 is 0 Å². The Morgan fingerprint density at radius 2 is 0.936 bits per heavy atom. The topological polar surface area (TPSA) is 52.6 Å². The van der Waals surface area contributed by atoms with E-state index in [0.717, 1.165) is 68.9 Å². The van der Waals surface area contributed by atoms with E-state index in [9.17, 15) is 9.59 Å². The molecule has 0 aliphatic carbocycles. The van der Waals surface area contributed by atoms with Crippen molar-refractivity contribution >= 4 is 11.9 Å². The lowest BCUT2D eigenvalue weighted by molar-refractivity contribution is -0.161. The lowest BCUT2D eigenvalue weighted by Crippen LogP contribution is -2.37. The second-order valence-corrected chi connectivity index (χ2v) is 15.1. The second kappa shape index (κ2) is 24.5. The molecule has 0 saturated heterocycles. The summed E-state index contributed by atoms with van der Waals surface area (Å²) in [7, 11) is 0. The molecule has 0 saturated carbocycles. The number of carbonyl (C=O) groups is 2. The summed E-state index contributed by atoms with van der Waals surface area (Å²) >= 11 is 0. The minimum Gasteiger partial charge on any atom is -0.461 e. The molecule has 0 spiro atoms. The van der Waals surface area contributed by atoms with Gasteiger partial charge in [0.15, 0.2) is 0 Å². The van der Waals surface area contributed by atoms with E-state index in [0.29, 0.717) is 19.6 Å². The third-order valence-electron chi connectivity index (χ3n) is 9.30. The van der Waals surface area contributed by atoms with Crippen molar-refractivity contribution in [3.8, 4) is 0 Å². The first-order valence-corrected chi connectivity index (χ1v) is 19.1. The van der Waals surface area contributed by atoms with Crippen LogP contribution in [0.25, 0.3) is 0 Å². The van der Waals surface area contributed by atoms with Gasteiger partial charge in [0.05, 0.1) is 5.41 Å². The van der Waals surface area contributed by atoms with Gasteiger partial charge >= 0.3 is 11.9 Å². The van der Waals surface area contributed by atoms with Crippen LogP contribution in [0.1, 0.15) is 174 Å². The van der Waals surface area contributed by atoms with E-state index in [1.54, 1.807) is 0 Å². The summed E-state index contributed by atoms with van der Waals surface area (Å²) in [4.78, 5) is 26.0. The SMILES string of the molecule is CCCCCCCCCCCC(CCCCCCCCCCC(=O)OCc1ccccc1)(CC(C)(C)C)C(=O)OCc1ccccc1. The largest absolute Gasteiger partial charge is 0.461 e. The fourth-order valence-corrected chi connectivity index (χ4v) is 6.85. The van der Waals surface area contributed by atoms with Crippen LogP contribution in [0, 0.1) is 10.8 Å². The molecule has 0 fully saturated rings. The predicted octanol–water partition coefficient (Wildman–Crippen LogP) is 12.7. The van der Waals surface area contributed by atoms with Crippen molar-refractivity contribution in [1.29, 1.82) is 0 Å². The smallest absolute Gasteiger partial charge is 0.312 e. The van der Waals surface area contributed by atoms with Crippen LogP contribution in [0.2, 0.25) is 0 Å². The Kier molecular flexibility index (Phi) is 21.1. The van der Waals surface area contributed by atoms with Crippen LogP contribution in [-0.2, 0) is 32.3 Å². The Bertz CT molecular complexity index is 1060. The molecule has 2 aromatic rings. The molecule has 0 bridgehead atoms. The van der Waals surface area contributed by atoms with Crippen molar-refractivity contribution in [2.75, 3.05) is 0 Å². The Morgan fingerprint density at radius 3 is 1.38 bits per heavy atom. The molecule has 0 N–H and O–H groups in total. The Labute approximate surface area is 288 Å². The van der Waals surface area contributed by atoms with Gasteiger partial charge in [0.2, 0.25) is 0 Å². The lowest BCUT2D eigenvalue weighted by Gasteiger charge is -2.37. The summed E-state index contributed by atoms with van der Waals surface area (Å²) in [5.41, 5.74) is 1.73. The quantitative estimate of drug-likeness (QED) is 0.0714. The van der Waals surface area contributed by atoms with Gasteiger partial charge in [-0.2, -0.15) is 0 Å². The van der Waals surface area contributed by atoms with Gasteiger partial charge in [-0.25, -0.2) is 0 Å². The summed E-state index contributed by atoms with van der Waals surface area (Å²) in [6, 6.07) is 20.0. The number of esters is 2. The first-order valence-electron chi connectivity index (χ1n) is 19.1. The summed E-state index contributed by atoms with van der Waals surface area (Å²) in [5, 5.41) is 0. The number of hydrogen-bond donors (Lipinski definition) is 0. The molecule has 0 aliphatic heterocycles. The van der Waals surface area contributed by atoms with E-state index in [-0.39, 0.29) is 17.4 Å². The summed E-state index contributed by atoms with van der Waals surface area (Å²) in [6.07, 6.45) is 23.8. The number of rotatable bonds is 27. The fraction of sp³-hybridized carbons (Fsp3) is 0.674. The maximum atomic E-state index is 14.0. The summed E-state index contributed by atoms with van der Waals surface area (Å²) in [5.74, 6) is -0.0876. The second-order valence-electron chi connectivity index (χ2n) is 15.1. The maximum absolute atomic E-state index is 14.0. The average molecular weight is 649 g/mol. The van der Waals surface area contributed by atoms with Crippen LogP contribution in [0.15, 0.2) is 60.7 Å². The molecule has 4 nitrogen and oxygen atoms in total. The normalized spacial score (nSPS) is 12.9. The molecule has 1 unspecified atom stereocenters. The van der Waals surface area contributed by atoms with E-state index in [1.807, 2.05) is 60.7 Å². The van der Waals surface area contributed by atoms with Crippen LogP contribution in [0.3, 0.4) is 0 Å². The third-order valence-corrected chi connectivity index (χ3v) is 9.30. The Hall–Kier alpha value is -2.62. The van der Waals surface area contributed by atoms with Crippen molar-refractivity contribution < 1.29 is 19.1 Å². The molecule has 0 aromatic heterocycles. The number of hydrogen-bond acceptors (Lipinski definition) is 4. The highest BCUT2D eigenvalue weighted by molar-refractivity contribution is 5.77. The molecule has 4 heteroatoms. The highest BCUT2D eigenvalue weighted by Gasteiger charge is 2.42. The molecule has 0 aliphatic rings. The lowest BCUT2D eigenvalue weighted by atomic mass is 9.68. The highest BCUT2D eigenvalue weighted by Crippen LogP contribution is 2.43. The standard InChI is InChI=1S/C43H68O4/c1-5-6-7-8-9-11-14-17-26-33-43(37-42(2,3)4,41(45)47-36-39-30-23-20-24-31-39)34-27-18-15-12-10-13-16-25-32-40(44)46-35-38-28-21-19-22-29-38/h19-24,28-31H,5-18,25-27,32-37H2,1-4H3. The van der Waals surface area contributed by atoms with Crippen LogP contribution >= 0.6 is 0 Å². The van der Waals surface area contributed by atoms with E-state index < -0.39 is 5.41 Å². The zero-order chi connectivity index (χ0) is 34.1. The predicted molar refractivity (Wildman–Crippen MR) is 197 cm³/mol. The highest BCUT2D eigenvalue weighted by atomic mass is 16.5. The van der Waals surface area contributed by atoms with Gasteiger partial charge < -0.3 is 9.47 Å². The van der Waals surface area contributed by atoms with Gasteiger partial charge in [0.1, 0.15) is 13.2 Å². The van der Waals surface area contributed by atoms with Crippen molar-refractivity contribution in [1.82, 2.24) is 0 Å². The van der Waals surface area contributed by atoms with Crippen LogP contribution in [0.4, 0.5) is 0 Å². The maximum Gasteiger partial charge on any atom is 0.312 e. The van der Waals surface area contributed by atoms with E-state index in [4.69, 9.17) is 9.47 Å². The van der Waals surface area contributed by atoms with Crippen LogP contribution in [-0.4, -0.2) is 11.9 Å².